The van der Waals surface area contributed by atoms with Gasteiger partial charge in [-0.15, -0.1) is 0 Å². The molecule has 0 aliphatic rings. The highest BCUT2D eigenvalue weighted by molar-refractivity contribution is 7.92. The highest BCUT2D eigenvalue weighted by Crippen LogP contribution is 2.23. The van der Waals surface area contributed by atoms with Gasteiger partial charge in [-0.05, 0) is 68.0 Å². The van der Waals surface area contributed by atoms with E-state index in [1.807, 2.05) is 87.5 Å². The molecule has 2 amide bonds. The summed E-state index contributed by atoms with van der Waals surface area (Å²) >= 11 is 0. The van der Waals surface area contributed by atoms with Crippen molar-refractivity contribution in [1.29, 1.82) is 0 Å². The van der Waals surface area contributed by atoms with Gasteiger partial charge in [0.25, 0.3) is 0 Å². The van der Waals surface area contributed by atoms with Crippen LogP contribution in [0.4, 0.5) is 5.69 Å². The second-order valence-corrected chi connectivity index (χ2v) is 13.0. The van der Waals surface area contributed by atoms with Crippen LogP contribution < -0.4 is 9.62 Å². The third-order valence-electron chi connectivity index (χ3n) is 7.50. The lowest BCUT2D eigenvalue weighted by molar-refractivity contribution is -0.141. The molecular weight excluding hydrogens is 546 g/mol. The van der Waals surface area contributed by atoms with Crippen molar-refractivity contribution in [3.63, 3.8) is 0 Å². The molecule has 3 rings (SSSR count). The van der Waals surface area contributed by atoms with E-state index in [0.29, 0.717) is 25.1 Å². The van der Waals surface area contributed by atoms with Crippen LogP contribution in [0.5, 0.6) is 0 Å². The standard InChI is InChI=1S/C34H45N3O4S/c1-6-7-21-35-34(39)32(24-29-12-9-8-10-13-29)36(25-30-18-15-26(2)16-19-30)33(38)14-11-22-37(42(5,40)41)31-20-17-27(3)28(4)23-31/h8-10,12-13,15-20,23,32H,6-7,11,14,21-22,24-25H2,1-5H3,(H,35,39)/t32-/m0/s1. The Labute approximate surface area is 252 Å². The number of nitrogens with zero attached hydrogens (tertiary/aromatic N) is 2. The van der Waals surface area contributed by atoms with E-state index >= 15 is 0 Å². The van der Waals surface area contributed by atoms with E-state index in [0.717, 1.165) is 40.7 Å². The molecule has 7 nitrogen and oxygen atoms in total. The molecule has 0 saturated carbocycles. The Morgan fingerprint density at radius 2 is 1.55 bits per heavy atom. The summed E-state index contributed by atoms with van der Waals surface area (Å²) in [6.45, 7) is 9.00. The maximum atomic E-state index is 13.9. The molecule has 0 spiro atoms. The second-order valence-electron chi connectivity index (χ2n) is 11.1. The van der Waals surface area contributed by atoms with Crippen molar-refractivity contribution in [3.05, 3.63) is 101 Å². The Morgan fingerprint density at radius 1 is 0.857 bits per heavy atom. The molecule has 226 valence electrons. The van der Waals surface area contributed by atoms with E-state index in [-0.39, 0.29) is 31.3 Å². The van der Waals surface area contributed by atoms with Gasteiger partial charge in [-0.2, -0.15) is 0 Å². The minimum absolute atomic E-state index is 0.107. The van der Waals surface area contributed by atoms with Crippen LogP contribution in [0, 0.1) is 20.8 Å². The first kappa shape index (κ1) is 32.9. The van der Waals surface area contributed by atoms with Gasteiger partial charge in [0, 0.05) is 32.5 Å². The third-order valence-corrected chi connectivity index (χ3v) is 8.70. The van der Waals surface area contributed by atoms with Gasteiger partial charge in [-0.1, -0.05) is 79.6 Å². The highest BCUT2D eigenvalue weighted by Gasteiger charge is 2.30. The summed E-state index contributed by atoms with van der Waals surface area (Å²) in [6, 6.07) is 22.5. The maximum Gasteiger partial charge on any atom is 0.243 e. The summed E-state index contributed by atoms with van der Waals surface area (Å²) in [5.74, 6) is -0.364. The lowest BCUT2D eigenvalue weighted by atomic mass is 10.0. The zero-order valence-corrected chi connectivity index (χ0v) is 26.4. The number of rotatable bonds is 15. The van der Waals surface area contributed by atoms with Crippen LogP contribution in [0.3, 0.4) is 0 Å². The average molecular weight is 592 g/mol. The summed E-state index contributed by atoms with van der Waals surface area (Å²) in [5.41, 5.74) is 5.67. The van der Waals surface area contributed by atoms with Crippen molar-refractivity contribution in [2.24, 2.45) is 0 Å². The lowest BCUT2D eigenvalue weighted by Gasteiger charge is -2.32. The molecule has 1 atom stereocenters. The Balaban J connectivity index is 1.87. The molecule has 42 heavy (non-hydrogen) atoms. The summed E-state index contributed by atoms with van der Waals surface area (Å²) in [4.78, 5) is 29.2. The lowest BCUT2D eigenvalue weighted by Crippen LogP contribution is -2.50. The Kier molecular flexibility index (Phi) is 12.2. The normalized spacial score (nSPS) is 12.0. The Hall–Kier alpha value is -3.65. The molecule has 0 unspecified atom stereocenters. The van der Waals surface area contributed by atoms with Crippen molar-refractivity contribution in [2.75, 3.05) is 23.7 Å². The van der Waals surface area contributed by atoms with Crippen molar-refractivity contribution < 1.29 is 18.0 Å². The van der Waals surface area contributed by atoms with E-state index in [4.69, 9.17) is 0 Å². The molecule has 0 heterocycles. The van der Waals surface area contributed by atoms with Crippen molar-refractivity contribution in [1.82, 2.24) is 10.2 Å². The minimum atomic E-state index is -3.56. The van der Waals surface area contributed by atoms with Crippen LogP contribution >= 0.6 is 0 Å². The van der Waals surface area contributed by atoms with Crippen LogP contribution in [0.25, 0.3) is 0 Å². The summed E-state index contributed by atoms with van der Waals surface area (Å²) in [5, 5.41) is 3.04. The first-order chi connectivity index (χ1) is 20.0. The largest absolute Gasteiger partial charge is 0.354 e. The first-order valence-corrected chi connectivity index (χ1v) is 16.6. The number of nitrogens with one attached hydrogen (secondary N) is 1. The third kappa shape index (κ3) is 9.72. The number of hydrogen-bond acceptors (Lipinski definition) is 4. The summed E-state index contributed by atoms with van der Waals surface area (Å²) < 4.78 is 26.8. The predicted molar refractivity (Wildman–Crippen MR) is 171 cm³/mol. The molecule has 0 saturated heterocycles. The molecule has 8 heteroatoms. The van der Waals surface area contributed by atoms with Crippen LogP contribution in [0.2, 0.25) is 0 Å². The van der Waals surface area contributed by atoms with E-state index in [1.165, 1.54) is 10.6 Å². The number of amides is 2. The molecule has 0 aliphatic heterocycles. The molecule has 1 N–H and O–H groups in total. The van der Waals surface area contributed by atoms with Crippen LogP contribution in [0.1, 0.15) is 60.4 Å². The van der Waals surface area contributed by atoms with Crippen LogP contribution in [-0.4, -0.2) is 50.5 Å². The zero-order valence-electron chi connectivity index (χ0n) is 25.6. The van der Waals surface area contributed by atoms with Crippen LogP contribution in [0.15, 0.2) is 72.8 Å². The minimum Gasteiger partial charge on any atom is -0.354 e. The molecule has 3 aromatic rings. The van der Waals surface area contributed by atoms with E-state index < -0.39 is 16.1 Å². The van der Waals surface area contributed by atoms with Gasteiger partial charge in [-0.3, -0.25) is 13.9 Å². The highest BCUT2D eigenvalue weighted by atomic mass is 32.2. The van der Waals surface area contributed by atoms with Gasteiger partial charge in [0.05, 0.1) is 11.9 Å². The number of aryl methyl sites for hydroxylation is 3. The van der Waals surface area contributed by atoms with Gasteiger partial charge in [-0.25, -0.2) is 8.42 Å². The topological polar surface area (TPSA) is 86.8 Å². The maximum absolute atomic E-state index is 13.9. The number of sulfonamides is 1. The smallest absolute Gasteiger partial charge is 0.243 e. The van der Waals surface area contributed by atoms with Gasteiger partial charge < -0.3 is 10.2 Å². The quantitative estimate of drug-likeness (QED) is 0.229. The molecule has 0 bridgehead atoms. The summed E-state index contributed by atoms with van der Waals surface area (Å²) in [7, 11) is -3.56. The number of benzene rings is 3. The molecular formula is C34H45N3O4S. The van der Waals surface area contributed by atoms with Gasteiger partial charge in [0.1, 0.15) is 6.04 Å². The fourth-order valence-electron chi connectivity index (χ4n) is 4.83. The molecule has 0 radical (unpaired) electrons. The van der Waals surface area contributed by atoms with Gasteiger partial charge >= 0.3 is 0 Å². The number of unbranched alkanes of at least 4 members (excludes halogenated alkanes) is 1. The number of hydrogen-bond donors (Lipinski definition) is 1. The fraction of sp³-hybridized carbons (Fsp3) is 0.412. The SMILES string of the molecule is CCCCNC(=O)[C@H](Cc1ccccc1)N(Cc1ccc(C)cc1)C(=O)CCCN(c1ccc(C)c(C)c1)S(C)(=O)=O. The second kappa shape index (κ2) is 15.5. The number of carbonyl (C=O) groups is 2. The number of anilines is 1. The Morgan fingerprint density at radius 3 is 2.17 bits per heavy atom. The molecule has 3 aromatic carbocycles. The van der Waals surface area contributed by atoms with Crippen molar-refractivity contribution in [3.8, 4) is 0 Å². The first-order valence-electron chi connectivity index (χ1n) is 14.7. The van der Waals surface area contributed by atoms with Crippen molar-refractivity contribution >= 4 is 27.5 Å². The van der Waals surface area contributed by atoms with E-state index in [2.05, 4.69) is 12.2 Å². The Bertz CT molecular complexity index is 1420. The monoisotopic (exact) mass is 591 g/mol. The summed E-state index contributed by atoms with van der Waals surface area (Å²) in [6.07, 6.45) is 3.80. The van der Waals surface area contributed by atoms with E-state index in [1.54, 1.807) is 11.0 Å². The molecule has 0 aromatic heterocycles. The van der Waals surface area contributed by atoms with Crippen LogP contribution in [-0.2, 0) is 32.6 Å². The molecule has 0 aliphatic carbocycles. The fourth-order valence-corrected chi connectivity index (χ4v) is 5.79. The van der Waals surface area contributed by atoms with E-state index in [9.17, 15) is 18.0 Å². The molecule has 0 fully saturated rings. The number of carbonyl (C=O) groups excluding carboxylic acids is 2. The van der Waals surface area contributed by atoms with Gasteiger partial charge in [0.2, 0.25) is 21.8 Å². The zero-order chi connectivity index (χ0) is 30.7. The van der Waals surface area contributed by atoms with Gasteiger partial charge in [0.15, 0.2) is 0 Å². The predicted octanol–water partition coefficient (Wildman–Crippen LogP) is 5.71. The average Bonchev–Trinajstić information content (AvgIpc) is 2.95. The van der Waals surface area contributed by atoms with Crippen molar-refractivity contribution in [2.45, 2.75) is 72.4 Å².